The van der Waals surface area contributed by atoms with Gasteiger partial charge in [-0.25, -0.2) is 4.98 Å². The van der Waals surface area contributed by atoms with Gasteiger partial charge in [-0.1, -0.05) is 6.07 Å². The van der Waals surface area contributed by atoms with Gasteiger partial charge in [0.05, 0.1) is 24.4 Å². The van der Waals surface area contributed by atoms with Crippen LogP contribution in [0.15, 0.2) is 36.4 Å². The van der Waals surface area contributed by atoms with E-state index in [9.17, 15) is 0 Å². The van der Waals surface area contributed by atoms with E-state index in [1.807, 2.05) is 0 Å². The molecule has 0 saturated heterocycles. The minimum atomic E-state index is 0.438. The predicted octanol–water partition coefficient (Wildman–Crippen LogP) is 2.29. The molecular weight excluding hydrogens is 228 g/mol. The van der Waals surface area contributed by atoms with Crippen LogP contribution < -0.4 is 15.8 Å². The number of nitrogen functional groups attached to an aromatic ring is 1. The van der Waals surface area contributed by atoms with Crippen molar-refractivity contribution in [2.45, 2.75) is 0 Å². The molecule has 18 heavy (non-hydrogen) atoms. The Kier molecular flexibility index (Phi) is 3.30. The Hall–Kier alpha value is -2.74. The molecule has 0 bridgehead atoms. The lowest BCUT2D eigenvalue weighted by Crippen LogP contribution is -1.99. The van der Waals surface area contributed by atoms with Crippen LogP contribution in [0.5, 0.6) is 5.75 Å². The summed E-state index contributed by atoms with van der Waals surface area (Å²) in [5.74, 6) is 1.64. The van der Waals surface area contributed by atoms with Gasteiger partial charge in [0.15, 0.2) is 0 Å². The summed E-state index contributed by atoms with van der Waals surface area (Å²) >= 11 is 0. The number of rotatable bonds is 3. The average molecular weight is 240 g/mol. The van der Waals surface area contributed by atoms with Gasteiger partial charge in [0.1, 0.15) is 17.4 Å². The summed E-state index contributed by atoms with van der Waals surface area (Å²) in [7, 11) is 1.55. The second-order valence-corrected chi connectivity index (χ2v) is 3.60. The fourth-order valence-corrected chi connectivity index (χ4v) is 1.52. The topological polar surface area (TPSA) is 84.0 Å². The first-order valence-corrected chi connectivity index (χ1v) is 5.30. The van der Waals surface area contributed by atoms with Gasteiger partial charge in [-0.3, -0.25) is 0 Å². The zero-order valence-electron chi connectivity index (χ0n) is 9.84. The molecule has 1 aromatic carbocycles. The molecule has 0 fully saturated rings. The molecule has 0 radical (unpaired) electrons. The first-order chi connectivity index (χ1) is 8.72. The fourth-order valence-electron chi connectivity index (χ4n) is 1.52. The Morgan fingerprint density at radius 2 is 2.17 bits per heavy atom. The van der Waals surface area contributed by atoms with Crippen molar-refractivity contribution in [1.82, 2.24) is 4.98 Å². The predicted molar refractivity (Wildman–Crippen MR) is 69.6 cm³/mol. The smallest absolute Gasteiger partial charge is 0.143 e. The van der Waals surface area contributed by atoms with Crippen LogP contribution in [0.4, 0.5) is 17.3 Å². The molecule has 2 rings (SSSR count). The van der Waals surface area contributed by atoms with E-state index < -0.39 is 0 Å². The number of hydrogen-bond acceptors (Lipinski definition) is 5. The van der Waals surface area contributed by atoms with Gasteiger partial charge in [0.25, 0.3) is 0 Å². The molecule has 5 heteroatoms. The monoisotopic (exact) mass is 240 g/mol. The van der Waals surface area contributed by atoms with Gasteiger partial charge < -0.3 is 15.8 Å². The van der Waals surface area contributed by atoms with Crippen molar-refractivity contribution in [1.29, 1.82) is 5.26 Å². The fraction of sp³-hybridized carbons (Fsp3) is 0.0769. The van der Waals surface area contributed by atoms with Crippen molar-refractivity contribution in [2.24, 2.45) is 0 Å². The number of nitrogens with two attached hydrogens (primary N) is 1. The highest BCUT2D eigenvalue weighted by Crippen LogP contribution is 2.28. The summed E-state index contributed by atoms with van der Waals surface area (Å²) in [5, 5.41) is 11.9. The molecule has 0 amide bonds. The molecule has 0 aliphatic rings. The number of ether oxygens (including phenoxy) is 1. The van der Waals surface area contributed by atoms with Crippen molar-refractivity contribution in [3.63, 3.8) is 0 Å². The SMILES string of the molecule is COc1cc(C#N)ccc1Nc1cccc(N)n1. The standard InChI is InChI=1S/C13H12N4O/c1-18-11-7-9(8-14)5-6-10(11)16-13-4-2-3-12(15)17-13/h2-7H,1H3,(H3,15,16,17). The third-order valence-electron chi connectivity index (χ3n) is 2.36. The number of aromatic nitrogens is 1. The summed E-state index contributed by atoms with van der Waals surface area (Å²) in [6, 6.07) is 12.5. The number of anilines is 3. The normalized spacial score (nSPS) is 9.56. The van der Waals surface area contributed by atoms with E-state index in [0.717, 1.165) is 5.69 Å². The van der Waals surface area contributed by atoms with Crippen LogP contribution in [0, 0.1) is 11.3 Å². The molecule has 0 aliphatic carbocycles. The Balaban J connectivity index is 2.32. The number of nitriles is 1. The van der Waals surface area contributed by atoms with E-state index in [-0.39, 0.29) is 0 Å². The minimum Gasteiger partial charge on any atom is -0.495 e. The largest absolute Gasteiger partial charge is 0.495 e. The highest BCUT2D eigenvalue weighted by Gasteiger charge is 2.05. The minimum absolute atomic E-state index is 0.438. The maximum atomic E-state index is 8.82. The van der Waals surface area contributed by atoms with Crippen molar-refractivity contribution in [3.8, 4) is 11.8 Å². The Morgan fingerprint density at radius 3 is 2.83 bits per heavy atom. The van der Waals surface area contributed by atoms with Crippen molar-refractivity contribution in [3.05, 3.63) is 42.0 Å². The lowest BCUT2D eigenvalue weighted by atomic mass is 10.2. The molecule has 0 saturated carbocycles. The molecule has 1 aromatic heterocycles. The third kappa shape index (κ3) is 2.50. The summed E-state index contributed by atoms with van der Waals surface area (Å²) in [4.78, 5) is 4.13. The van der Waals surface area contributed by atoms with E-state index in [1.165, 1.54) is 0 Å². The second-order valence-electron chi connectivity index (χ2n) is 3.60. The first kappa shape index (κ1) is 11.7. The van der Waals surface area contributed by atoms with Crippen LogP contribution in [0.3, 0.4) is 0 Å². The Morgan fingerprint density at radius 1 is 1.33 bits per heavy atom. The van der Waals surface area contributed by atoms with Gasteiger partial charge in [-0.2, -0.15) is 5.26 Å². The summed E-state index contributed by atoms with van der Waals surface area (Å²) in [5.41, 5.74) is 6.87. The van der Waals surface area contributed by atoms with Gasteiger partial charge in [-0.05, 0) is 24.3 Å². The van der Waals surface area contributed by atoms with Crippen LogP contribution in [0.2, 0.25) is 0 Å². The van der Waals surface area contributed by atoms with Gasteiger partial charge in [-0.15, -0.1) is 0 Å². The maximum Gasteiger partial charge on any atom is 0.143 e. The first-order valence-electron chi connectivity index (χ1n) is 5.30. The van der Waals surface area contributed by atoms with Crippen LogP contribution >= 0.6 is 0 Å². The lowest BCUT2D eigenvalue weighted by Gasteiger charge is -2.10. The molecule has 0 atom stereocenters. The van der Waals surface area contributed by atoms with E-state index >= 15 is 0 Å². The van der Waals surface area contributed by atoms with Gasteiger partial charge in [0.2, 0.25) is 0 Å². The van der Waals surface area contributed by atoms with Crippen LogP contribution in [-0.4, -0.2) is 12.1 Å². The zero-order valence-corrected chi connectivity index (χ0v) is 9.84. The third-order valence-corrected chi connectivity index (χ3v) is 2.36. The zero-order chi connectivity index (χ0) is 13.0. The number of nitrogens with one attached hydrogen (secondary N) is 1. The molecular formula is C13H12N4O. The molecule has 90 valence electrons. The lowest BCUT2D eigenvalue weighted by molar-refractivity contribution is 0.416. The van der Waals surface area contributed by atoms with Crippen molar-refractivity contribution >= 4 is 17.3 Å². The summed E-state index contributed by atoms with van der Waals surface area (Å²) in [6.45, 7) is 0. The summed E-state index contributed by atoms with van der Waals surface area (Å²) in [6.07, 6.45) is 0. The maximum absolute atomic E-state index is 8.82. The highest BCUT2D eigenvalue weighted by molar-refractivity contribution is 5.66. The number of methoxy groups -OCH3 is 1. The molecule has 3 N–H and O–H groups in total. The molecule has 0 unspecified atom stereocenters. The van der Waals surface area contributed by atoms with E-state index in [1.54, 1.807) is 43.5 Å². The van der Waals surface area contributed by atoms with Crippen LogP contribution in [-0.2, 0) is 0 Å². The van der Waals surface area contributed by atoms with Crippen molar-refractivity contribution < 1.29 is 4.74 Å². The molecule has 0 spiro atoms. The second kappa shape index (κ2) is 5.06. The highest BCUT2D eigenvalue weighted by atomic mass is 16.5. The summed E-state index contributed by atoms with van der Waals surface area (Å²) < 4.78 is 5.22. The molecule has 5 nitrogen and oxygen atoms in total. The van der Waals surface area contributed by atoms with E-state index in [2.05, 4.69) is 16.4 Å². The van der Waals surface area contributed by atoms with Crippen LogP contribution in [0.25, 0.3) is 0 Å². The van der Waals surface area contributed by atoms with Gasteiger partial charge >= 0.3 is 0 Å². The number of hydrogen-bond donors (Lipinski definition) is 2. The average Bonchev–Trinajstić information content (AvgIpc) is 2.39. The number of pyridine rings is 1. The Labute approximate surface area is 105 Å². The van der Waals surface area contributed by atoms with E-state index in [0.29, 0.717) is 22.9 Å². The molecule has 0 aliphatic heterocycles. The number of nitrogens with zero attached hydrogens (tertiary/aromatic N) is 2. The van der Waals surface area contributed by atoms with E-state index in [4.69, 9.17) is 15.7 Å². The Bertz CT molecular complexity index is 604. The molecule has 2 aromatic rings. The van der Waals surface area contributed by atoms with Crippen LogP contribution in [0.1, 0.15) is 5.56 Å². The van der Waals surface area contributed by atoms with Crippen molar-refractivity contribution in [2.75, 3.05) is 18.2 Å². The quantitative estimate of drug-likeness (QED) is 0.859. The number of benzene rings is 1. The van der Waals surface area contributed by atoms with Gasteiger partial charge in [0, 0.05) is 6.07 Å². The molecule has 1 heterocycles.